The van der Waals surface area contributed by atoms with Crippen molar-refractivity contribution < 1.29 is 0 Å². The van der Waals surface area contributed by atoms with Crippen molar-refractivity contribution in [2.75, 3.05) is 6.54 Å². The summed E-state index contributed by atoms with van der Waals surface area (Å²) in [7, 11) is 0. The molecule has 2 nitrogen and oxygen atoms in total. The average molecular weight is 244 g/mol. The van der Waals surface area contributed by atoms with Gasteiger partial charge in [-0.2, -0.15) is 0 Å². The minimum Gasteiger partial charge on any atom is -0.293 e. The topological polar surface area (TPSA) is 16.1 Å². The Morgan fingerprint density at radius 1 is 1.29 bits per heavy atom. The number of hydrogen-bond donors (Lipinski definition) is 0. The number of aryl methyl sites for hydroxylation is 1. The number of benzene rings is 1. The molecular weight excluding hydrogens is 228 g/mol. The molecule has 0 bridgehead atoms. The maximum absolute atomic E-state index is 4.62. The summed E-state index contributed by atoms with van der Waals surface area (Å²) in [6.07, 6.45) is 1.16. The van der Waals surface area contributed by atoms with Crippen LogP contribution in [-0.4, -0.2) is 16.4 Å². The van der Waals surface area contributed by atoms with Gasteiger partial charge in [0.1, 0.15) is 0 Å². The molecule has 0 fully saturated rings. The summed E-state index contributed by atoms with van der Waals surface area (Å²) < 4.78 is 0. The van der Waals surface area contributed by atoms with E-state index in [9.17, 15) is 0 Å². The molecule has 1 aliphatic heterocycles. The van der Waals surface area contributed by atoms with Gasteiger partial charge in [-0.05, 0) is 18.9 Å². The Balaban J connectivity index is 1.72. The molecule has 17 heavy (non-hydrogen) atoms. The van der Waals surface area contributed by atoms with Crippen LogP contribution in [0.3, 0.4) is 0 Å². The Bertz CT molecular complexity index is 504. The standard InChI is InChI=1S/C14H16N2S/c1-11-15-13-10-16(8-7-14(13)17-11)9-12-5-3-2-4-6-12/h2-6H,7-10H2,1H3. The molecule has 0 radical (unpaired) electrons. The Labute approximate surface area is 106 Å². The van der Waals surface area contributed by atoms with Crippen molar-refractivity contribution in [1.82, 2.24) is 9.88 Å². The third-order valence-electron chi connectivity index (χ3n) is 3.16. The van der Waals surface area contributed by atoms with Crippen LogP contribution in [0.4, 0.5) is 0 Å². The van der Waals surface area contributed by atoms with E-state index in [1.807, 2.05) is 11.3 Å². The van der Waals surface area contributed by atoms with Crippen molar-refractivity contribution in [2.45, 2.75) is 26.4 Å². The molecule has 0 spiro atoms. The summed E-state index contributed by atoms with van der Waals surface area (Å²) >= 11 is 1.86. The lowest BCUT2D eigenvalue weighted by Gasteiger charge is -2.25. The lowest BCUT2D eigenvalue weighted by Crippen LogP contribution is -2.29. The van der Waals surface area contributed by atoms with Crippen LogP contribution in [0, 0.1) is 6.92 Å². The quantitative estimate of drug-likeness (QED) is 0.807. The number of rotatable bonds is 2. The smallest absolute Gasteiger partial charge is 0.0900 e. The van der Waals surface area contributed by atoms with Crippen LogP contribution >= 0.6 is 11.3 Å². The molecule has 0 aliphatic carbocycles. The second-order valence-electron chi connectivity index (χ2n) is 4.55. The number of thiazole rings is 1. The highest BCUT2D eigenvalue weighted by Crippen LogP contribution is 2.25. The van der Waals surface area contributed by atoms with Crippen molar-refractivity contribution in [3.05, 3.63) is 51.5 Å². The summed E-state index contributed by atoms with van der Waals surface area (Å²) in [5.41, 5.74) is 2.69. The van der Waals surface area contributed by atoms with E-state index in [1.165, 1.54) is 21.1 Å². The van der Waals surface area contributed by atoms with Gasteiger partial charge in [-0.25, -0.2) is 4.98 Å². The highest BCUT2D eigenvalue weighted by atomic mass is 32.1. The van der Waals surface area contributed by atoms with Crippen LogP contribution in [0.15, 0.2) is 30.3 Å². The van der Waals surface area contributed by atoms with Gasteiger partial charge in [0.05, 0.1) is 10.7 Å². The molecule has 0 saturated carbocycles. The third-order valence-corrected chi connectivity index (χ3v) is 4.24. The highest BCUT2D eigenvalue weighted by Gasteiger charge is 2.19. The monoisotopic (exact) mass is 244 g/mol. The molecule has 1 aromatic carbocycles. The maximum Gasteiger partial charge on any atom is 0.0900 e. The van der Waals surface area contributed by atoms with Gasteiger partial charge in [-0.1, -0.05) is 30.3 Å². The van der Waals surface area contributed by atoms with Gasteiger partial charge in [0.2, 0.25) is 0 Å². The van der Waals surface area contributed by atoms with Crippen LogP contribution in [0.5, 0.6) is 0 Å². The Kier molecular flexibility index (Phi) is 2.95. The third kappa shape index (κ3) is 2.40. The first-order valence-electron chi connectivity index (χ1n) is 6.03. The molecule has 0 atom stereocenters. The summed E-state index contributed by atoms with van der Waals surface area (Å²) in [4.78, 5) is 8.60. The molecule has 88 valence electrons. The van der Waals surface area contributed by atoms with Gasteiger partial charge in [0.25, 0.3) is 0 Å². The van der Waals surface area contributed by atoms with Gasteiger partial charge in [-0.15, -0.1) is 11.3 Å². The molecule has 2 heterocycles. The SMILES string of the molecule is Cc1nc2c(s1)CCN(Cc1ccccc1)C2. The van der Waals surface area contributed by atoms with E-state index in [4.69, 9.17) is 0 Å². The first-order chi connectivity index (χ1) is 8.31. The number of nitrogens with zero attached hydrogens (tertiary/aromatic N) is 2. The molecule has 3 rings (SSSR count). The predicted octanol–water partition coefficient (Wildman–Crippen LogP) is 3.01. The van der Waals surface area contributed by atoms with Crippen molar-refractivity contribution in [1.29, 1.82) is 0 Å². The first-order valence-corrected chi connectivity index (χ1v) is 6.84. The van der Waals surface area contributed by atoms with E-state index < -0.39 is 0 Å². The van der Waals surface area contributed by atoms with Crippen molar-refractivity contribution in [3.8, 4) is 0 Å². The summed E-state index contributed by atoms with van der Waals surface area (Å²) in [5.74, 6) is 0. The fraction of sp³-hybridized carbons (Fsp3) is 0.357. The molecular formula is C14H16N2S. The van der Waals surface area contributed by atoms with E-state index in [-0.39, 0.29) is 0 Å². The lowest BCUT2D eigenvalue weighted by atomic mass is 10.1. The van der Waals surface area contributed by atoms with Crippen LogP contribution in [0.2, 0.25) is 0 Å². The first kappa shape index (κ1) is 10.9. The summed E-state index contributed by atoms with van der Waals surface area (Å²) in [6.45, 7) is 5.31. The fourth-order valence-corrected chi connectivity index (χ4v) is 3.29. The Morgan fingerprint density at radius 3 is 2.94 bits per heavy atom. The average Bonchev–Trinajstić information content (AvgIpc) is 2.70. The molecule has 2 aromatic rings. The van der Waals surface area contributed by atoms with E-state index in [2.05, 4.69) is 47.1 Å². The number of hydrogen-bond acceptors (Lipinski definition) is 3. The van der Waals surface area contributed by atoms with Crippen molar-refractivity contribution in [3.63, 3.8) is 0 Å². The van der Waals surface area contributed by atoms with Crippen LogP contribution in [-0.2, 0) is 19.5 Å². The van der Waals surface area contributed by atoms with E-state index >= 15 is 0 Å². The second-order valence-corrected chi connectivity index (χ2v) is 5.84. The number of fused-ring (bicyclic) bond motifs is 1. The van der Waals surface area contributed by atoms with Crippen LogP contribution in [0.1, 0.15) is 21.1 Å². The molecule has 0 unspecified atom stereocenters. The maximum atomic E-state index is 4.62. The zero-order chi connectivity index (χ0) is 11.7. The molecule has 1 aliphatic rings. The van der Waals surface area contributed by atoms with E-state index in [0.29, 0.717) is 0 Å². The molecule has 3 heteroatoms. The zero-order valence-electron chi connectivity index (χ0n) is 10.0. The lowest BCUT2D eigenvalue weighted by molar-refractivity contribution is 0.244. The van der Waals surface area contributed by atoms with Crippen LogP contribution in [0.25, 0.3) is 0 Å². The van der Waals surface area contributed by atoms with Gasteiger partial charge < -0.3 is 0 Å². The van der Waals surface area contributed by atoms with Gasteiger partial charge in [0.15, 0.2) is 0 Å². The highest BCUT2D eigenvalue weighted by molar-refractivity contribution is 7.11. The summed E-state index contributed by atoms with van der Waals surface area (Å²) in [6, 6.07) is 10.7. The van der Waals surface area contributed by atoms with E-state index in [0.717, 1.165) is 26.1 Å². The second kappa shape index (κ2) is 4.59. The molecule has 0 amide bonds. The minimum atomic E-state index is 1.01. The Hall–Kier alpha value is -1.19. The molecule has 0 N–H and O–H groups in total. The van der Waals surface area contributed by atoms with Crippen molar-refractivity contribution >= 4 is 11.3 Å². The summed E-state index contributed by atoms with van der Waals surface area (Å²) in [5, 5.41) is 1.21. The molecule has 1 aromatic heterocycles. The normalized spacial score (nSPS) is 15.8. The van der Waals surface area contributed by atoms with Crippen LogP contribution < -0.4 is 0 Å². The Morgan fingerprint density at radius 2 is 2.12 bits per heavy atom. The zero-order valence-corrected chi connectivity index (χ0v) is 10.8. The van der Waals surface area contributed by atoms with Crippen molar-refractivity contribution in [2.24, 2.45) is 0 Å². The fourth-order valence-electron chi connectivity index (χ4n) is 2.36. The van der Waals surface area contributed by atoms with Gasteiger partial charge >= 0.3 is 0 Å². The predicted molar refractivity (Wildman–Crippen MR) is 71.1 cm³/mol. The number of aromatic nitrogens is 1. The van der Waals surface area contributed by atoms with Gasteiger partial charge in [0, 0.05) is 24.5 Å². The minimum absolute atomic E-state index is 1.01. The molecule has 0 saturated heterocycles. The largest absolute Gasteiger partial charge is 0.293 e. The van der Waals surface area contributed by atoms with E-state index in [1.54, 1.807) is 0 Å². The van der Waals surface area contributed by atoms with Gasteiger partial charge in [-0.3, -0.25) is 4.90 Å².